The van der Waals surface area contributed by atoms with Crippen molar-refractivity contribution in [2.45, 2.75) is 6.61 Å². The van der Waals surface area contributed by atoms with Crippen LogP contribution in [-0.4, -0.2) is 34.3 Å². The van der Waals surface area contributed by atoms with Gasteiger partial charge in [0.2, 0.25) is 5.75 Å². The van der Waals surface area contributed by atoms with Crippen LogP contribution in [0.5, 0.6) is 28.7 Å². The zero-order valence-electron chi connectivity index (χ0n) is 22.9. The van der Waals surface area contributed by atoms with E-state index in [2.05, 4.69) is 5.32 Å². The molecule has 1 amide bonds. The van der Waals surface area contributed by atoms with Crippen molar-refractivity contribution in [3.63, 3.8) is 0 Å². The van der Waals surface area contributed by atoms with E-state index in [0.29, 0.717) is 52.3 Å². The molecule has 0 spiro atoms. The highest BCUT2D eigenvalue weighted by atomic mass is 16.5. The van der Waals surface area contributed by atoms with Crippen LogP contribution in [0.25, 0.3) is 12.2 Å². The van der Waals surface area contributed by atoms with Gasteiger partial charge >= 0.3 is 0 Å². The lowest BCUT2D eigenvalue weighted by molar-refractivity contribution is 0.102. The van der Waals surface area contributed by atoms with Gasteiger partial charge in [-0.15, -0.1) is 0 Å². The van der Waals surface area contributed by atoms with E-state index in [1.807, 2.05) is 66.7 Å². The zero-order valence-corrected chi connectivity index (χ0v) is 22.9. The van der Waals surface area contributed by atoms with Crippen molar-refractivity contribution in [1.82, 2.24) is 0 Å². The highest BCUT2D eigenvalue weighted by Gasteiger charge is 2.13. The van der Waals surface area contributed by atoms with E-state index < -0.39 is 0 Å². The number of nitrogens with one attached hydrogen (secondary N) is 1. The molecule has 4 aromatic carbocycles. The quantitative estimate of drug-likeness (QED) is 0.170. The highest BCUT2D eigenvalue weighted by Crippen LogP contribution is 2.39. The molecule has 0 fully saturated rings. The predicted octanol–water partition coefficient (Wildman–Crippen LogP) is 6.30. The predicted molar refractivity (Wildman–Crippen MR) is 158 cm³/mol. The summed E-state index contributed by atoms with van der Waals surface area (Å²) in [5.74, 6) is 2.66. The van der Waals surface area contributed by atoms with Crippen LogP contribution in [0.3, 0.4) is 0 Å². The summed E-state index contributed by atoms with van der Waals surface area (Å²) in [7, 11) is 6.34. The Kier molecular flexibility index (Phi) is 9.15. The van der Waals surface area contributed by atoms with Gasteiger partial charge in [0.25, 0.3) is 5.91 Å². The number of para-hydroxylation sites is 2. The van der Waals surface area contributed by atoms with Gasteiger partial charge in [-0.1, -0.05) is 42.5 Å². The zero-order chi connectivity index (χ0) is 28.5. The Hall–Kier alpha value is -5.11. The molecule has 8 heteroatoms. The first-order chi connectivity index (χ1) is 19.4. The number of carbonyl (C=O) groups is 1. The van der Waals surface area contributed by atoms with Crippen molar-refractivity contribution in [2.24, 2.45) is 0 Å². The molecular weight excluding hydrogens is 508 g/mol. The molecule has 0 bridgehead atoms. The van der Waals surface area contributed by atoms with Gasteiger partial charge in [0.05, 0.1) is 39.8 Å². The fraction of sp³-hybridized carbons (Fsp3) is 0.156. The van der Waals surface area contributed by atoms with Crippen LogP contribution in [0.1, 0.15) is 27.0 Å². The monoisotopic (exact) mass is 540 g/mol. The summed E-state index contributed by atoms with van der Waals surface area (Å²) in [4.78, 5) is 12.6. The average Bonchev–Trinajstić information content (AvgIpc) is 2.99. The van der Waals surface area contributed by atoms with Gasteiger partial charge in [0.15, 0.2) is 23.0 Å². The van der Waals surface area contributed by atoms with Gasteiger partial charge in [0, 0.05) is 5.56 Å². The van der Waals surface area contributed by atoms with Crippen molar-refractivity contribution >= 4 is 29.4 Å². The van der Waals surface area contributed by atoms with Crippen molar-refractivity contribution in [1.29, 1.82) is 0 Å². The molecule has 0 unspecified atom stereocenters. The molecular formula is C32H32N2O6. The normalized spacial score (nSPS) is 10.7. The number of hydrogen-bond donors (Lipinski definition) is 2. The molecule has 0 atom stereocenters. The van der Waals surface area contributed by atoms with E-state index in [-0.39, 0.29) is 5.91 Å². The average molecular weight is 541 g/mol. The maximum atomic E-state index is 12.6. The summed E-state index contributed by atoms with van der Waals surface area (Å²) in [6.45, 7) is 0.296. The number of nitrogen functional groups attached to an aromatic ring is 1. The lowest BCUT2D eigenvalue weighted by Gasteiger charge is -2.13. The summed E-state index contributed by atoms with van der Waals surface area (Å²) in [6, 6.07) is 23.8. The highest BCUT2D eigenvalue weighted by molar-refractivity contribution is 6.05. The molecule has 0 saturated carbocycles. The van der Waals surface area contributed by atoms with E-state index in [9.17, 15) is 4.79 Å². The molecule has 0 aromatic heterocycles. The molecule has 0 radical (unpaired) electrons. The maximum absolute atomic E-state index is 12.6. The first kappa shape index (κ1) is 27.9. The van der Waals surface area contributed by atoms with Crippen molar-refractivity contribution in [3.8, 4) is 28.7 Å². The molecule has 8 nitrogen and oxygen atoms in total. The number of amides is 1. The Morgan fingerprint density at radius 1 is 0.725 bits per heavy atom. The summed E-state index contributed by atoms with van der Waals surface area (Å²) < 4.78 is 27.9. The second-order valence-electron chi connectivity index (χ2n) is 8.73. The number of carbonyl (C=O) groups excluding carboxylic acids is 1. The Morgan fingerprint density at radius 3 is 1.98 bits per heavy atom. The van der Waals surface area contributed by atoms with Gasteiger partial charge < -0.3 is 34.7 Å². The van der Waals surface area contributed by atoms with Crippen LogP contribution >= 0.6 is 0 Å². The minimum absolute atomic E-state index is 0.237. The largest absolute Gasteiger partial charge is 0.493 e. The first-order valence-corrected chi connectivity index (χ1v) is 12.5. The molecule has 0 aliphatic carbocycles. The van der Waals surface area contributed by atoms with Gasteiger partial charge in [-0.3, -0.25) is 4.79 Å². The van der Waals surface area contributed by atoms with E-state index in [0.717, 1.165) is 16.7 Å². The third-order valence-electron chi connectivity index (χ3n) is 6.16. The fourth-order valence-corrected chi connectivity index (χ4v) is 4.02. The van der Waals surface area contributed by atoms with Crippen molar-refractivity contribution in [3.05, 3.63) is 101 Å². The second kappa shape index (κ2) is 13.1. The summed E-state index contributed by atoms with van der Waals surface area (Å²) in [5.41, 5.74) is 10.2. The molecule has 0 aliphatic rings. The molecule has 4 aromatic rings. The van der Waals surface area contributed by atoms with Crippen LogP contribution in [0.15, 0.2) is 78.9 Å². The number of benzene rings is 4. The first-order valence-electron chi connectivity index (χ1n) is 12.5. The number of anilines is 2. The maximum Gasteiger partial charge on any atom is 0.255 e. The topological polar surface area (TPSA) is 101 Å². The molecule has 4 rings (SSSR count). The van der Waals surface area contributed by atoms with E-state index >= 15 is 0 Å². The second-order valence-corrected chi connectivity index (χ2v) is 8.73. The summed E-state index contributed by atoms with van der Waals surface area (Å²) in [6.07, 6.45) is 3.91. The van der Waals surface area contributed by atoms with Crippen molar-refractivity contribution < 1.29 is 28.5 Å². The summed E-state index contributed by atoms with van der Waals surface area (Å²) >= 11 is 0. The van der Waals surface area contributed by atoms with Crippen LogP contribution in [0.2, 0.25) is 0 Å². The molecule has 0 aliphatic heterocycles. The van der Waals surface area contributed by atoms with Crippen LogP contribution < -0.4 is 34.7 Å². The minimum atomic E-state index is -0.237. The van der Waals surface area contributed by atoms with Crippen LogP contribution in [-0.2, 0) is 6.61 Å². The smallest absolute Gasteiger partial charge is 0.255 e. The lowest BCUT2D eigenvalue weighted by Crippen LogP contribution is -2.13. The molecule has 40 heavy (non-hydrogen) atoms. The minimum Gasteiger partial charge on any atom is -0.493 e. The summed E-state index contributed by atoms with van der Waals surface area (Å²) in [5, 5.41) is 2.83. The number of ether oxygens (including phenoxy) is 5. The Bertz CT molecular complexity index is 1470. The standard InChI is InChI=1S/C32H32N2O6/c1-36-27-16-13-21(9-10-23-18-29(37-2)31(39-4)30(19-23)38-3)17-28(27)40-20-22-11-14-24(15-12-22)32(35)34-26-8-6-5-7-25(26)33/h5-19H,20,33H2,1-4H3,(H,34,35). The van der Waals surface area contributed by atoms with Gasteiger partial charge in [0.1, 0.15) is 6.61 Å². The third-order valence-corrected chi connectivity index (χ3v) is 6.16. The number of hydrogen-bond acceptors (Lipinski definition) is 7. The lowest BCUT2D eigenvalue weighted by atomic mass is 10.1. The van der Waals surface area contributed by atoms with Crippen LogP contribution in [0.4, 0.5) is 11.4 Å². The Labute approximate surface area is 233 Å². The molecule has 0 saturated heterocycles. The third kappa shape index (κ3) is 6.66. The van der Waals surface area contributed by atoms with Crippen molar-refractivity contribution in [2.75, 3.05) is 39.5 Å². The molecule has 3 N–H and O–H groups in total. The van der Waals surface area contributed by atoms with Gasteiger partial charge in [-0.05, 0) is 65.2 Å². The van der Waals surface area contributed by atoms with E-state index in [1.54, 1.807) is 52.7 Å². The molecule has 206 valence electrons. The van der Waals surface area contributed by atoms with Gasteiger partial charge in [-0.25, -0.2) is 0 Å². The number of rotatable bonds is 11. The van der Waals surface area contributed by atoms with E-state index in [1.165, 1.54) is 0 Å². The Balaban J connectivity index is 1.45. The van der Waals surface area contributed by atoms with Crippen LogP contribution in [0, 0.1) is 0 Å². The van der Waals surface area contributed by atoms with E-state index in [4.69, 9.17) is 29.4 Å². The Morgan fingerprint density at radius 2 is 1.35 bits per heavy atom. The SMILES string of the molecule is COc1ccc(C=Cc2cc(OC)c(OC)c(OC)c2)cc1OCc1ccc(C(=O)Nc2ccccc2N)cc1. The number of methoxy groups -OCH3 is 4. The van der Waals surface area contributed by atoms with Gasteiger partial charge in [-0.2, -0.15) is 0 Å². The molecule has 0 heterocycles. The number of nitrogens with two attached hydrogens (primary N) is 1. The fourth-order valence-electron chi connectivity index (χ4n) is 4.02.